The summed E-state index contributed by atoms with van der Waals surface area (Å²) >= 11 is 0. The summed E-state index contributed by atoms with van der Waals surface area (Å²) in [6, 6.07) is 9.94. The molecule has 2 saturated heterocycles. The molecule has 24 heavy (non-hydrogen) atoms. The van der Waals surface area contributed by atoms with E-state index >= 15 is 0 Å². The minimum Gasteiger partial charge on any atom is -0.405 e. The quantitative estimate of drug-likeness (QED) is 0.793. The zero-order valence-corrected chi connectivity index (χ0v) is 15.0. The molecule has 131 valence electrons. The molecule has 0 saturated carbocycles. The summed E-state index contributed by atoms with van der Waals surface area (Å²) in [5, 5.41) is 13.6. The van der Waals surface area contributed by atoms with Crippen LogP contribution in [0, 0.1) is 0 Å². The van der Waals surface area contributed by atoms with E-state index in [4.69, 9.17) is 14.0 Å². The molecule has 2 aliphatic rings. The fourth-order valence-electron chi connectivity index (χ4n) is 3.85. The van der Waals surface area contributed by atoms with Gasteiger partial charge in [-0.15, -0.1) is 10.3 Å². The van der Waals surface area contributed by atoms with Gasteiger partial charge in [-0.2, -0.15) is 0 Å². The second-order valence-corrected chi connectivity index (χ2v) is 8.12. The summed E-state index contributed by atoms with van der Waals surface area (Å²) in [6.07, 6.45) is 1.47. The fraction of sp³-hybridized carbons (Fsp3) is 0.667. The lowest BCUT2D eigenvalue weighted by Crippen LogP contribution is -2.60. The van der Waals surface area contributed by atoms with Gasteiger partial charge in [-0.1, -0.05) is 30.3 Å². The van der Waals surface area contributed by atoms with Crippen molar-refractivity contribution in [2.45, 2.75) is 63.8 Å². The van der Waals surface area contributed by atoms with Crippen LogP contribution in [0.15, 0.2) is 30.3 Å². The van der Waals surface area contributed by atoms with Crippen molar-refractivity contribution in [2.75, 3.05) is 13.2 Å². The van der Waals surface area contributed by atoms with Crippen LogP contribution < -0.4 is 5.46 Å². The molecule has 6 heteroatoms. The largest absolute Gasteiger partial charge is 0.494 e. The molecule has 0 aromatic heterocycles. The molecular weight excluding hydrogens is 305 g/mol. The molecule has 0 spiro atoms. The second kappa shape index (κ2) is 6.77. The SMILES string of the molecule is CC1(C)CC(OCC2COB(c3ccccc3)O2)CC(C)(C)N1[O]. The van der Waals surface area contributed by atoms with Crippen LogP contribution in [0.5, 0.6) is 0 Å². The van der Waals surface area contributed by atoms with E-state index in [2.05, 4.69) is 0 Å². The third kappa shape index (κ3) is 3.84. The number of benzene rings is 1. The molecule has 2 heterocycles. The third-order valence-electron chi connectivity index (χ3n) is 4.89. The van der Waals surface area contributed by atoms with Gasteiger partial charge in [-0.3, -0.25) is 0 Å². The molecule has 1 atom stereocenters. The maximum atomic E-state index is 12.4. The van der Waals surface area contributed by atoms with Crippen molar-refractivity contribution >= 4 is 12.6 Å². The first kappa shape index (κ1) is 17.9. The molecular formula is C18H27BNO4. The van der Waals surface area contributed by atoms with E-state index in [9.17, 15) is 5.21 Å². The van der Waals surface area contributed by atoms with E-state index in [-0.39, 0.29) is 19.3 Å². The summed E-state index contributed by atoms with van der Waals surface area (Å²) < 4.78 is 17.8. The van der Waals surface area contributed by atoms with E-state index in [1.165, 1.54) is 5.06 Å². The van der Waals surface area contributed by atoms with Crippen LogP contribution in [0.3, 0.4) is 0 Å². The molecule has 2 fully saturated rings. The van der Waals surface area contributed by atoms with Crippen LogP contribution in [-0.2, 0) is 19.3 Å². The first-order valence-electron chi connectivity index (χ1n) is 8.69. The van der Waals surface area contributed by atoms with Crippen molar-refractivity contribution in [1.82, 2.24) is 5.06 Å². The molecule has 2 aliphatic heterocycles. The number of ether oxygens (including phenoxy) is 1. The van der Waals surface area contributed by atoms with Gasteiger partial charge in [-0.05, 0) is 46.0 Å². The van der Waals surface area contributed by atoms with Gasteiger partial charge in [0, 0.05) is 11.1 Å². The Kier molecular flexibility index (Phi) is 5.05. The lowest BCUT2D eigenvalue weighted by Gasteiger charge is -2.49. The summed E-state index contributed by atoms with van der Waals surface area (Å²) in [4.78, 5) is 0. The Morgan fingerprint density at radius 3 is 2.42 bits per heavy atom. The maximum Gasteiger partial charge on any atom is 0.494 e. The Hall–Kier alpha value is -0.915. The number of hydroxylamine groups is 2. The summed E-state index contributed by atoms with van der Waals surface area (Å²) in [6.45, 7) is 8.97. The van der Waals surface area contributed by atoms with Crippen molar-refractivity contribution in [3.05, 3.63) is 30.3 Å². The zero-order valence-electron chi connectivity index (χ0n) is 15.0. The molecule has 1 radical (unpaired) electrons. The molecule has 0 amide bonds. The van der Waals surface area contributed by atoms with E-state index in [1.54, 1.807) is 0 Å². The molecule has 1 unspecified atom stereocenters. The predicted molar refractivity (Wildman–Crippen MR) is 92.3 cm³/mol. The van der Waals surface area contributed by atoms with E-state index in [1.807, 2.05) is 58.0 Å². The zero-order chi connectivity index (χ0) is 17.4. The van der Waals surface area contributed by atoms with E-state index in [0.29, 0.717) is 13.2 Å². The van der Waals surface area contributed by atoms with Gasteiger partial charge in [0.1, 0.15) is 0 Å². The molecule has 3 rings (SSSR count). The van der Waals surface area contributed by atoms with Crippen LogP contribution >= 0.6 is 0 Å². The minimum atomic E-state index is -0.411. The standard InChI is InChI=1S/C18H27BNO4/c1-17(2)10-15(11-18(3,4)20(17)21)22-12-16-13-23-19(24-16)14-8-6-5-7-9-14/h5-9,15-16H,10-13H2,1-4H3. The monoisotopic (exact) mass is 332 g/mol. The highest BCUT2D eigenvalue weighted by Crippen LogP contribution is 2.38. The number of nitrogens with zero attached hydrogens (tertiary/aromatic N) is 1. The van der Waals surface area contributed by atoms with Gasteiger partial charge in [0.2, 0.25) is 0 Å². The maximum absolute atomic E-state index is 12.4. The minimum absolute atomic E-state index is 0.0632. The highest BCUT2D eigenvalue weighted by atomic mass is 16.7. The van der Waals surface area contributed by atoms with Crippen molar-refractivity contribution in [3.8, 4) is 0 Å². The van der Waals surface area contributed by atoms with Gasteiger partial charge in [0.05, 0.1) is 25.4 Å². The topological polar surface area (TPSA) is 50.8 Å². The Morgan fingerprint density at radius 2 is 1.79 bits per heavy atom. The van der Waals surface area contributed by atoms with E-state index < -0.39 is 11.1 Å². The van der Waals surface area contributed by atoms with Crippen LogP contribution in [0.4, 0.5) is 0 Å². The Bertz CT molecular complexity index is 533. The highest BCUT2D eigenvalue weighted by molar-refractivity contribution is 6.61. The van der Waals surface area contributed by atoms with Crippen LogP contribution in [0.2, 0.25) is 0 Å². The normalized spacial score (nSPS) is 27.5. The van der Waals surface area contributed by atoms with Crippen LogP contribution in [-0.4, -0.2) is 48.7 Å². The van der Waals surface area contributed by atoms with Crippen molar-refractivity contribution < 1.29 is 19.3 Å². The number of hydrogen-bond donors (Lipinski definition) is 0. The van der Waals surface area contributed by atoms with Gasteiger partial charge < -0.3 is 14.0 Å². The van der Waals surface area contributed by atoms with Crippen molar-refractivity contribution in [3.63, 3.8) is 0 Å². The van der Waals surface area contributed by atoms with E-state index in [0.717, 1.165) is 18.3 Å². The summed E-state index contributed by atoms with van der Waals surface area (Å²) in [5.41, 5.74) is 0.208. The van der Waals surface area contributed by atoms with Gasteiger partial charge in [-0.25, -0.2) is 0 Å². The van der Waals surface area contributed by atoms with Crippen LogP contribution in [0.1, 0.15) is 40.5 Å². The van der Waals surface area contributed by atoms with Gasteiger partial charge in [0.25, 0.3) is 0 Å². The summed E-state index contributed by atoms with van der Waals surface area (Å²) in [5.74, 6) is 0. The molecule has 5 nitrogen and oxygen atoms in total. The average molecular weight is 332 g/mol. The Balaban J connectivity index is 1.52. The first-order chi connectivity index (χ1) is 11.3. The number of rotatable bonds is 4. The molecule has 1 aromatic rings. The Morgan fingerprint density at radius 1 is 1.17 bits per heavy atom. The van der Waals surface area contributed by atoms with Gasteiger partial charge in [0.15, 0.2) is 0 Å². The number of piperidine rings is 1. The molecule has 1 aromatic carbocycles. The molecule has 0 N–H and O–H groups in total. The predicted octanol–water partition coefficient (Wildman–Crippen LogP) is 2.18. The first-order valence-corrected chi connectivity index (χ1v) is 8.69. The highest BCUT2D eigenvalue weighted by Gasteiger charge is 2.46. The second-order valence-electron chi connectivity index (χ2n) is 8.12. The molecule has 0 bridgehead atoms. The van der Waals surface area contributed by atoms with Gasteiger partial charge >= 0.3 is 7.12 Å². The van der Waals surface area contributed by atoms with Crippen molar-refractivity contribution in [1.29, 1.82) is 0 Å². The average Bonchev–Trinajstić information content (AvgIpc) is 3.00. The Labute approximate surface area is 145 Å². The lowest BCUT2D eigenvalue weighted by atomic mass is 9.79. The third-order valence-corrected chi connectivity index (χ3v) is 4.89. The number of hydrogen-bond acceptors (Lipinski definition) is 4. The molecule has 0 aliphatic carbocycles. The fourth-order valence-corrected chi connectivity index (χ4v) is 3.85. The lowest BCUT2D eigenvalue weighted by molar-refractivity contribution is -0.301. The van der Waals surface area contributed by atoms with Crippen molar-refractivity contribution in [2.24, 2.45) is 0 Å². The smallest absolute Gasteiger partial charge is 0.405 e. The summed E-state index contributed by atoms with van der Waals surface area (Å²) in [7, 11) is -0.309. The van der Waals surface area contributed by atoms with Crippen LogP contribution in [0.25, 0.3) is 0 Å².